The lowest BCUT2D eigenvalue weighted by molar-refractivity contribution is -0.163. The van der Waals surface area contributed by atoms with Crippen LogP contribution in [-0.2, 0) is 23.8 Å². The normalized spacial score (nSPS) is 12.7. The first-order valence-corrected chi connectivity index (χ1v) is 27.5. The molecule has 0 aliphatic heterocycles. The Morgan fingerprint density at radius 2 is 0.703 bits per heavy atom. The average Bonchev–Trinajstić information content (AvgIpc) is 3.30. The van der Waals surface area contributed by atoms with E-state index in [1.807, 2.05) is 0 Å². The van der Waals surface area contributed by atoms with Crippen LogP contribution in [-0.4, -0.2) is 37.9 Å². The Morgan fingerprint density at radius 1 is 0.359 bits per heavy atom. The highest BCUT2D eigenvalue weighted by atomic mass is 16.6. The predicted molar refractivity (Wildman–Crippen MR) is 279 cm³/mol. The SMILES string of the molecule is CC/C=C\C/C=C\C/C=C\C/C=C\CCCCCCC(=O)OCC(COCCCCCCCCCCCCCCCC)OC(=O)CCCCCCCCC/C=C\C/C=C\CCCCC. The zero-order chi connectivity index (χ0) is 46.3. The Balaban J connectivity index is 4.32. The van der Waals surface area contributed by atoms with Crippen molar-refractivity contribution in [3.05, 3.63) is 72.9 Å². The van der Waals surface area contributed by atoms with E-state index >= 15 is 0 Å². The van der Waals surface area contributed by atoms with Crippen molar-refractivity contribution in [1.82, 2.24) is 0 Å². The van der Waals surface area contributed by atoms with Crippen LogP contribution in [0.1, 0.15) is 265 Å². The molecule has 1 unspecified atom stereocenters. The maximum Gasteiger partial charge on any atom is 0.306 e. The summed E-state index contributed by atoms with van der Waals surface area (Å²) < 4.78 is 17.4. The molecule has 0 spiro atoms. The van der Waals surface area contributed by atoms with Crippen LogP contribution in [0, 0.1) is 0 Å². The topological polar surface area (TPSA) is 61.8 Å². The smallest absolute Gasteiger partial charge is 0.306 e. The van der Waals surface area contributed by atoms with Crippen LogP contribution >= 0.6 is 0 Å². The molecule has 0 N–H and O–H groups in total. The number of unbranched alkanes of at least 4 members (excludes halogenated alkanes) is 27. The summed E-state index contributed by atoms with van der Waals surface area (Å²) in [5.74, 6) is -0.426. The third-order valence-electron chi connectivity index (χ3n) is 11.7. The number of allylic oxidation sites excluding steroid dienone is 12. The van der Waals surface area contributed by atoms with E-state index in [0.29, 0.717) is 19.4 Å². The Morgan fingerprint density at radius 3 is 1.16 bits per heavy atom. The average molecular weight is 893 g/mol. The molecule has 64 heavy (non-hydrogen) atoms. The molecule has 0 saturated carbocycles. The third kappa shape index (κ3) is 52.0. The maximum absolute atomic E-state index is 12.8. The Labute approximate surface area is 397 Å². The Kier molecular flexibility index (Phi) is 52.4. The van der Waals surface area contributed by atoms with Crippen LogP contribution in [0.15, 0.2) is 72.9 Å². The lowest BCUT2D eigenvalue weighted by Gasteiger charge is -2.18. The summed E-state index contributed by atoms with van der Waals surface area (Å²) in [5, 5.41) is 0. The number of hydrogen-bond donors (Lipinski definition) is 0. The number of esters is 2. The van der Waals surface area contributed by atoms with Gasteiger partial charge < -0.3 is 14.2 Å². The van der Waals surface area contributed by atoms with Crippen molar-refractivity contribution in [2.45, 2.75) is 271 Å². The van der Waals surface area contributed by atoms with E-state index in [2.05, 4.69) is 93.7 Å². The van der Waals surface area contributed by atoms with Crippen molar-refractivity contribution in [2.24, 2.45) is 0 Å². The first-order chi connectivity index (χ1) is 31.6. The quantitative estimate of drug-likeness (QED) is 0.0346. The van der Waals surface area contributed by atoms with Gasteiger partial charge in [0.05, 0.1) is 6.61 Å². The molecule has 0 heterocycles. The van der Waals surface area contributed by atoms with Crippen molar-refractivity contribution in [1.29, 1.82) is 0 Å². The van der Waals surface area contributed by atoms with E-state index < -0.39 is 6.10 Å². The summed E-state index contributed by atoms with van der Waals surface area (Å²) in [6, 6.07) is 0. The molecule has 0 aliphatic rings. The summed E-state index contributed by atoms with van der Waals surface area (Å²) in [6.07, 6.45) is 70.5. The largest absolute Gasteiger partial charge is 0.462 e. The van der Waals surface area contributed by atoms with E-state index in [0.717, 1.165) is 96.3 Å². The second-order valence-electron chi connectivity index (χ2n) is 18.1. The maximum atomic E-state index is 12.8. The molecule has 5 nitrogen and oxygen atoms in total. The van der Waals surface area contributed by atoms with Gasteiger partial charge in [0.1, 0.15) is 6.61 Å². The standard InChI is InChI=1S/C59H104O5/c1-4-7-10-13-16-19-22-25-28-30-32-34-37-40-43-46-49-52-58(60)63-56-57(55-62-54-51-48-45-42-39-36-27-24-21-18-15-12-9-6-3)64-59(61)53-50-47-44-41-38-35-33-31-29-26-23-20-17-14-11-8-5-2/h7,10,16-17,19-20,25-26,28-29,32,34,57H,4-6,8-9,11-15,18,21-24,27,30-31,33,35-56H2,1-3H3/b10-7-,19-16-,20-17-,28-25-,29-26-,34-32-. The van der Waals surface area contributed by atoms with Crippen molar-refractivity contribution in [3.8, 4) is 0 Å². The first kappa shape index (κ1) is 61.3. The molecule has 0 aromatic rings. The van der Waals surface area contributed by atoms with Gasteiger partial charge in [0.25, 0.3) is 0 Å². The third-order valence-corrected chi connectivity index (χ3v) is 11.7. The fourth-order valence-corrected chi connectivity index (χ4v) is 7.65. The van der Waals surface area contributed by atoms with Gasteiger partial charge in [0.15, 0.2) is 6.10 Å². The van der Waals surface area contributed by atoms with Gasteiger partial charge in [-0.2, -0.15) is 0 Å². The molecule has 0 saturated heterocycles. The van der Waals surface area contributed by atoms with E-state index in [4.69, 9.17) is 14.2 Å². The summed E-state index contributed by atoms with van der Waals surface area (Å²) in [4.78, 5) is 25.5. The molecule has 0 aromatic heterocycles. The van der Waals surface area contributed by atoms with Crippen LogP contribution in [0.25, 0.3) is 0 Å². The molecular formula is C59H104O5. The summed E-state index contributed by atoms with van der Waals surface area (Å²) in [7, 11) is 0. The Hall–Kier alpha value is -2.66. The fourth-order valence-electron chi connectivity index (χ4n) is 7.65. The highest BCUT2D eigenvalue weighted by Gasteiger charge is 2.17. The van der Waals surface area contributed by atoms with Crippen LogP contribution in [0.4, 0.5) is 0 Å². The lowest BCUT2D eigenvalue weighted by Crippen LogP contribution is -2.30. The molecule has 0 radical (unpaired) electrons. The van der Waals surface area contributed by atoms with Crippen LogP contribution in [0.5, 0.6) is 0 Å². The second kappa shape index (κ2) is 54.7. The monoisotopic (exact) mass is 893 g/mol. The second-order valence-corrected chi connectivity index (χ2v) is 18.1. The van der Waals surface area contributed by atoms with Gasteiger partial charge in [-0.15, -0.1) is 0 Å². The highest BCUT2D eigenvalue weighted by Crippen LogP contribution is 2.15. The minimum absolute atomic E-state index is 0.0695. The van der Waals surface area contributed by atoms with Crippen LogP contribution in [0.3, 0.4) is 0 Å². The van der Waals surface area contributed by atoms with Crippen molar-refractivity contribution >= 4 is 11.9 Å². The molecule has 0 aliphatic carbocycles. The number of hydrogen-bond acceptors (Lipinski definition) is 5. The molecule has 0 amide bonds. The molecule has 0 aromatic carbocycles. The molecule has 5 heteroatoms. The molecule has 1 atom stereocenters. The number of ether oxygens (including phenoxy) is 3. The summed E-state index contributed by atoms with van der Waals surface area (Å²) in [6.45, 7) is 7.69. The van der Waals surface area contributed by atoms with E-state index in [9.17, 15) is 9.59 Å². The summed E-state index contributed by atoms with van der Waals surface area (Å²) >= 11 is 0. The molecule has 0 fully saturated rings. The lowest BCUT2D eigenvalue weighted by atomic mass is 10.0. The van der Waals surface area contributed by atoms with Gasteiger partial charge in [-0.05, 0) is 89.9 Å². The number of carbonyl (C=O) groups excluding carboxylic acids is 2. The zero-order valence-corrected chi connectivity index (χ0v) is 42.5. The van der Waals surface area contributed by atoms with E-state index in [-0.39, 0.29) is 25.2 Å². The van der Waals surface area contributed by atoms with Gasteiger partial charge in [0.2, 0.25) is 0 Å². The van der Waals surface area contributed by atoms with Crippen LogP contribution in [0.2, 0.25) is 0 Å². The van der Waals surface area contributed by atoms with Crippen molar-refractivity contribution in [3.63, 3.8) is 0 Å². The molecule has 370 valence electrons. The molecule has 0 bridgehead atoms. The van der Waals surface area contributed by atoms with Gasteiger partial charge >= 0.3 is 11.9 Å². The van der Waals surface area contributed by atoms with E-state index in [1.165, 1.54) is 135 Å². The number of rotatable bonds is 50. The first-order valence-electron chi connectivity index (χ1n) is 27.5. The minimum atomic E-state index is -0.551. The fraction of sp³-hybridized carbons (Fsp3) is 0.763. The minimum Gasteiger partial charge on any atom is -0.462 e. The van der Waals surface area contributed by atoms with E-state index in [1.54, 1.807) is 0 Å². The van der Waals surface area contributed by atoms with Crippen LogP contribution < -0.4 is 0 Å². The molecular weight excluding hydrogens is 789 g/mol. The Bertz CT molecular complexity index is 1150. The van der Waals surface area contributed by atoms with Crippen molar-refractivity contribution < 1.29 is 23.8 Å². The number of carbonyl (C=O) groups is 2. The van der Waals surface area contributed by atoms with Gasteiger partial charge in [-0.25, -0.2) is 0 Å². The highest BCUT2D eigenvalue weighted by molar-refractivity contribution is 5.70. The summed E-state index contributed by atoms with van der Waals surface area (Å²) in [5.41, 5.74) is 0. The zero-order valence-electron chi connectivity index (χ0n) is 42.5. The predicted octanol–water partition coefficient (Wildman–Crippen LogP) is 18.7. The molecule has 0 rings (SSSR count). The van der Waals surface area contributed by atoms with Crippen molar-refractivity contribution in [2.75, 3.05) is 19.8 Å². The van der Waals surface area contributed by atoms with Gasteiger partial charge in [-0.3, -0.25) is 9.59 Å². The van der Waals surface area contributed by atoms with Gasteiger partial charge in [-0.1, -0.05) is 235 Å². The van der Waals surface area contributed by atoms with Gasteiger partial charge in [0, 0.05) is 19.4 Å².